The molecule has 0 bridgehead atoms. The second-order valence-corrected chi connectivity index (χ2v) is 4.18. The summed E-state index contributed by atoms with van der Waals surface area (Å²) in [6.45, 7) is 0. The van der Waals surface area contributed by atoms with E-state index < -0.39 is 0 Å². The van der Waals surface area contributed by atoms with Crippen LogP contribution in [0, 0.1) is 5.92 Å². The van der Waals surface area contributed by atoms with Crippen LogP contribution < -0.4 is 0 Å². The van der Waals surface area contributed by atoms with E-state index in [9.17, 15) is 4.79 Å². The Hall–Kier alpha value is -1.31. The van der Waals surface area contributed by atoms with Gasteiger partial charge in [-0.15, -0.1) is 0 Å². The average Bonchev–Trinajstić information content (AvgIpc) is 2.79. The van der Waals surface area contributed by atoms with E-state index >= 15 is 0 Å². The van der Waals surface area contributed by atoms with E-state index in [1.54, 1.807) is 12.5 Å². The molecule has 0 amide bonds. The normalized spacial score (nSPS) is 21.1. The fourth-order valence-corrected chi connectivity index (χ4v) is 2.15. The van der Waals surface area contributed by atoms with Gasteiger partial charge in [-0.3, -0.25) is 4.79 Å². The Morgan fingerprint density at radius 3 is 3.20 bits per heavy atom. The summed E-state index contributed by atoms with van der Waals surface area (Å²) in [6.07, 6.45) is 12.2. The van der Waals surface area contributed by atoms with E-state index in [0.29, 0.717) is 5.92 Å². The lowest BCUT2D eigenvalue weighted by molar-refractivity contribution is -0.105. The largest absolute Gasteiger partial charge is 0.472 e. The maximum Gasteiger partial charge on any atom is 0.145 e. The fraction of sp³-hybridized carbons (Fsp3) is 0.462. The first kappa shape index (κ1) is 10.2. The van der Waals surface area contributed by atoms with E-state index in [1.807, 2.05) is 6.07 Å². The topological polar surface area (TPSA) is 30.2 Å². The van der Waals surface area contributed by atoms with Crippen molar-refractivity contribution in [3.63, 3.8) is 0 Å². The van der Waals surface area contributed by atoms with Crippen LogP contribution in [-0.4, -0.2) is 6.29 Å². The minimum Gasteiger partial charge on any atom is -0.472 e. The molecule has 0 fully saturated rings. The molecule has 2 rings (SSSR count). The number of carbonyl (C=O) groups is 1. The van der Waals surface area contributed by atoms with E-state index in [-0.39, 0.29) is 0 Å². The molecule has 1 aromatic rings. The Balaban J connectivity index is 1.87. The summed E-state index contributed by atoms with van der Waals surface area (Å²) in [6, 6.07) is 2.01. The van der Waals surface area contributed by atoms with Crippen molar-refractivity contribution in [2.75, 3.05) is 0 Å². The quantitative estimate of drug-likeness (QED) is 0.705. The fourth-order valence-electron chi connectivity index (χ4n) is 2.15. The van der Waals surface area contributed by atoms with Gasteiger partial charge in [0, 0.05) is 0 Å². The van der Waals surface area contributed by atoms with Gasteiger partial charge in [-0.05, 0) is 55.2 Å². The third-order valence-corrected chi connectivity index (χ3v) is 3.03. The van der Waals surface area contributed by atoms with Gasteiger partial charge >= 0.3 is 0 Å². The summed E-state index contributed by atoms with van der Waals surface area (Å²) in [5, 5.41) is 0. The molecule has 0 saturated heterocycles. The van der Waals surface area contributed by atoms with Gasteiger partial charge in [-0.2, -0.15) is 0 Å². The van der Waals surface area contributed by atoms with Crippen molar-refractivity contribution in [2.24, 2.45) is 5.92 Å². The van der Waals surface area contributed by atoms with Gasteiger partial charge in [-0.25, -0.2) is 0 Å². The Bertz CT molecular complexity index is 335. The number of furan rings is 1. The van der Waals surface area contributed by atoms with Crippen molar-refractivity contribution < 1.29 is 9.21 Å². The minimum atomic E-state index is 0.578. The molecule has 0 aromatic carbocycles. The molecule has 2 heteroatoms. The number of allylic oxidation sites excluding steroid dienone is 2. The molecule has 1 aliphatic carbocycles. The van der Waals surface area contributed by atoms with E-state index in [4.69, 9.17) is 4.42 Å². The van der Waals surface area contributed by atoms with E-state index in [2.05, 4.69) is 6.08 Å². The summed E-state index contributed by atoms with van der Waals surface area (Å²) in [5.41, 5.74) is 2.24. The van der Waals surface area contributed by atoms with Crippen molar-refractivity contribution >= 4 is 6.29 Å². The molecular formula is C13H16O2. The zero-order chi connectivity index (χ0) is 10.5. The molecule has 1 unspecified atom stereocenters. The number of aldehydes is 1. The number of hydrogen-bond donors (Lipinski definition) is 0. The van der Waals surface area contributed by atoms with Gasteiger partial charge in [0.05, 0.1) is 12.5 Å². The van der Waals surface area contributed by atoms with Crippen LogP contribution >= 0.6 is 0 Å². The van der Waals surface area contributed by atoms with Crippen molar-refractivity contribution in [3.05, 3.63) is 35.8 Å². The summed E-state index contributed by atoms with van der Waals surface area (Å²) in [7, 11) is 0. The zero-order valence-electron chi connectivity index (χ0n) is 8.82. The highest BCUT2D eigenvalue weighted by Gasteiger charge is 2.13. The van der Waals surface area contributed by atoms with Crippen LogP contribution in [0.25, 0.3) is 0 Å². The SMILES string of the molecule is O=CC1=CC(CCc2ccoc2)CCC1. The van der Waals surface area contributed by atoms with E-state index in [0.717, 1.165) is 37.5 Å². The summed E-state index contributed by atoms with van der Waals surface area (Å²) in [5.74, 6) is 0.578. The van der Waals surface area contributed by atoms with Crippen LogP contribution in [0.4, 0.5) is 0 Å². The number of rotatable bonds is 4. The zero-order valence-corrected chi connectivity index (χ0v) is 8.82. The van der Waals surface area contributed by atoms with Gasteiger partial charge in [0.1, 0.15) is 6.29 Å². The van der Waals surface area contributed by atoms with Crippen LogP contribution in [0.15, 0.2) is 34.7 Å². The molecule has 0 radical (unpaired) electrons. The molecule has 1 aromatic heterocycles. The molecule has 0 N–H and O–H groups in total. The highest BCUT2D eigenvalue weighted by Crippen LogP contribution is 2.25. The molecule has 2 nitrogen and oxygen atoms in total. The van der Waals surface area contributed by atoms with Gasteiger partial charge in [0.15, 0.2) is 0 Å². The predicted molar refractivity (Wildman–Crippen MR) is 58.5 cm³/mol. The predicted octanol–water partition coefficient (Wildman–Crippen LogP) is 3.14. The molecule has 15 heavy (non-hydrogen) atoms. The van der Waals surface area contributed by atoms with E-state index in [1.165, 1.54) is 12.0 Å². The Morgan fingerprint density at radius 1 is 1.53 bits per heavy atom. The summed E-state index contributed by atoms with van der Waals surface area (Å²) < 4.78 is 5.03. The summed E-state index contributed by atoms with van der Waals surface area (Å²) in [4.78, 5) is 10.7. The Labute approximate surface area is 90.0 Å². The van der Waals surface area contributed by atoms with Gasteiger partial charge in [0.2, 0.25) is 0 Å². The Morgan fingerprint density at radius 2 is 2.47 bits per heavy atom. The summed E-state index contributed by atoms with van der Waals surface area (Å²) >= 11 is 0. The third kappa shape index (κ3) is 2.82. The number of hydrogen-bond acceptors (Lipinski definition) is 2. The smallest absolute Gasteiger partial charge is 0.145 e. The molecule has 0 spiro atoms. The van der Waals surface area contributed by atoms with Gasteiger partial charge in [0.25, 0.3) is 0 Å². The van der Waals surface area contributed by atoms with Crippen molar-refractivity contribution in [2.45, 2.75) is 32.1 Å². The lowest BCUT2D eigenvalue weighted by atomic mass is 9.87. The van der Waals surface area contributed by atoms with Gasteiger partial charge < -0.3 is 4.42 Å². The van der Waals surface area contributed by atoms with Crippen LogP contribution in [0.3, 0.4) is 0 Å². The standard InChI is InChI=1S/C13H16O2/c14-9-13-3-1-2-11(8-13)4-5-12-6-7-15-10-12/h6-11H,1-5H2. The van der Waals surface area contributed by atoms with Crippen molar-refractivity contribution in [1.29, 1.82) is 0 Å². The van der Waals surface area contributed by atoms with Gasteiger partial charge in [-0.1, -0.05) is 6.08 Å². The molecule has 80 valence electrons. The first-order chi connectivity index (χ1) is 7.38. The van der Waals surface area contributed by atoms with Crippen LogP contribution in [0.1, 0.15) is 31.2 Å². The third-order valence-electron chi connectivity index (χ3n) is 3.03. The van der Waals surface area contributed by atoms with Crippen LogP contribution in [0.5, 0.6) is 0 Å². The maximum absolute atomic E-state index is 10.7. The number of aryl methyl sites for hydroxylation is 1. The average molecular weight is 204 g/mol. The lowest BCUT2D eigenvalue weighted by Crippen LogP contribution is -2.06. The maximum atomic E-state index is 10.7. The highest BCUT2D eigenvalue weighted by atomic mass is 16.3. The molecule has 1 atom stereocenters. The first-order valence-corrected chi connectivity index (χ1v) is 5.55. The lowest BCUT2D eigenvalue weighted by Gasteiger charge is -2.18. The first-order valence-electron chi connectivity index (χ1n) is 5.55. The van der Waals surface area contributed by atoms with Crippen LogP contribution in [-0.2, 0) is 11.2 Å². The monoisotopic (exact) mass is 204 g/mol. The molecule has 1 heterocycles. The molecular weight excluding hydrogens is 188 g/mol. The molecule has 1 aliphatic rings. The molecule has 0 aliphatic heterocycles. The highest BCUT2D eigenvalue weighted by molar-refractivity contribution is 5.73. The van der Waals surface area contributed by atoms with Crippen LogP contribution in [0.2, 0.25) is 0 Å². The number of carbonyl (C=O) groups excluding carboxylic acids is 1. The Kier molecular flexibility index (Phi) is 3.38. The van der Waals surface area contributed by atoms with Crippen molar-refractivity contribution in [1.82, 2.24) is 0 Å². The second kappa shape index (κ2) is 4.96. The minimum absolute atomic E-state index is 0.578. The van der Waals surface area contributed by atoms with Crippen molar-refractivity contribution in [3.8, 4) is 0 Å². The molecule has 0 saturated carbocycles. The second-order valence-electron chi connectivity index (χ2n) is 4.18.